The maximum Gasteiger partial charge on any atom is 0.137 e. The number of nitrogens with zero attached hydrogens (tertiary/aromatic N) is 2. The first kappa shape index (κ1) is 12.5. The minimum Gasteiger partial charge on any atom is -0.495 e. The summed E-state index contributed by atoms with van der Waals surface area (Å²) in [5.74, 6) is 1.66. The van der Waals surface area contributed by atoms with Crippen molar-refractivity contribution in [2.45, 2.75) is 6.92 Å². The minimum absolute atomic E-state index is 0.764. The van der Waals surface area contributed by atoms with E-state index in [1.807, 2.05) is 30.3 Å². The monoisotopic (exact) mass is 264 g/mol. The van der Waals surface area contributed by atoms with Gasteiger partial charge in [-0.05, 0) is 36.8 Å². The third-order valence-corrected chi connectivity index (χ3v) is 3.33. The quantitative estimate of drug-likeness (QED) is 0.718. The highest BCUT2D eigenvalue weighted by atomic mass is 16.5. The lowest BCUT2D eigenvalue weighted by molar-refractivity contribution is 0.413. The summed E-state index contributed by atoms with van der Waals surface area (Å²) < 4.78 is 7.31. The minimum atomic E-state index is 0.764. The van der Waals surface area contributed by atoms with Crippen LogP contribution in [-0.2, 0) is 0 Å². The van der Waals surface area contributed by atoms with Gasteiger partial charge in [0.15, 0.2) is 0 Å². The highest BCUT2D eigenvalue weighted by Gasteiger charge is 2.10. The second-order valence-corrected chi connectivity index (χ2v) is 4.62. The number of aryl methyl sites for hydroxylation is 1. The number of aromatic nitrogens is 2. The lowest BCUT2D eigenvalue weighted by Gasteiger charge is -2.11. The van der Waals surface area contributed by atoms with Crippen LogP contribution in [0.3, 0.4) is 0 Å². The number of benzene rings is 1. The molecule has 0 saturated carbocycles. The van der Waals surface area contributed by atoms with E-state index in [0.717, 1.165) is 23.0 Å². The maximum absolute atomic E-state index is 5.16. The molecule has 0 unspecified atom stereocenters. The van der Waals surface area contributed by atoms with E-state index in [1.165, 1.54) is 5.56 Å². The molecular weight excluding hydrogens is 248 g/mol. The molecule has 3 nitrogen and oxygen atoms in total. The van der Waals surface area contributed by atoms with Crippen molar-refractivity contribution in [1.29, 1.82) is 0 Å². The molecule has 0 aliphatic heterocycles. The highest BCUT2D eigenvalue weighted by molar-refractivity contribution is 5.63. The van der Waals surface area contributed by atoms with Crippen LogP contribution in [0.2, 0.25) is 0 Å². The van der Waals surface area contributed by atoms with Crippen LogP contribution < -0.4 is 4.74 Å². The Hall–Kier alpha value is -2.55. The molecule has 2 aromatic heterocycles. The standard InChI is InChI=1S/C17H16N2O/c1-13-8-10-16(14-6-4-3-5-7-14)19(13)17-11-9-15(20-2)12-18-17/h3-12H,1-2H3. The number of pyridine rings is 1. The number of ether oxygens (including phenoxy) is 1. The number of hydrogen-bond acceptors (Lipinski definition) is 2. The molecular formula is C17H16N2O. The summed E-state index contributed by atoms with van der Waals surface area (Å²) in [7, 11) is 1.65. The van der Waals surface area contributed by atoms with Gasteiger partial charge in [0, 0.05) is 5.69 Å². The Balaban J connectivity index is 2.11. The molecule has 2 heterocycles. The van der Waals surface area contributed by atoms with E-state index in [2.05, 4.69) is 40.7 Å². The molecule has 0 aliphatic rings. The van der Waals surface area contributed by atoms with Crippen LogP contribution >= 0.6 is 0 Å². The Morgan fingerprint density at radius 2 is 1.75 bits per heavy atom. The van der Waals surface area contributed by atoms with E-state index in [9.17, 15) is 0 Å². The molecule has 0 fully saturated rings. The molecule has 0 aliphatic carbocycles. The van der Waals surface area contributed by atoms with Gasteiger partial charge in [0.2, 0.25) is 0 Å². The van der Waals surface area contributed by atoms with E-state index in [-0.39, 0.29) is 0 Å². The Morgan fingerprint density at radius 1 is 0.950 bits per heavy atom. The van der Waals surface area contributed by atoms with Crippen LogP contribution in [0.1, 0.15) is 5.69 Å². The fraction of sp³-hybridized carbons (Fsp3) is 0.118. The largest absolute Gasteiger partial charge is 0.495 e. The molecule has 0 bridgehead atoms. The summed E-state index contributed by atoms with van der Waals surface area (Å²) in [4.78, 5) is 4.48. The van der Waals surface area contributed by atoms with Crippen molar-refractivity contribution in [3.05, 3.63) is 66.5 Å². The molecule has 0 radical (unpaired) electrons. The predicted molar refractivity (Wildman–Crippen MR) is 80.3 cm³/mol. The molecule has 3 heteroatoms. The molecule has 1 aromatic carbocycles. The van der Waals surface area contributed by atoms with E-state index < -0.39 is 0 Å². The zero-order chi connectivity index (χ0) is 13.9. The van der Waals surface area contributed by atoms with Gasteiger partial charge in [0.25, 0.3) is 0 Å². The lowest BCUT2D eigenvalue weighted by Crippen LogP contribution is -2.01. The molecule has 100 valence electrons. The fourth-order valence-electron chi connectivity index (χ4n) is 2.30. The van der Waals surface area contributed by atoms with Crippen molar-refractivity contribution < 1.29 is 4.74 Å². The summed E-state index contributed by atoms with van der Waals surface area (Å²) in [5.41, 5.74) is 3.47. The van der Waals surface area contributed by atoms with Gasteiger partial charge < -0.3 is 4.74 Å². The number of methoxy groups -OCH3 is 1. The summed E-state index contributed by atoms with van der Waals surface area (Å²) in [6, 6.07) is 18.4. The van der Waals surface area contributed by atoms with Crippen molar-refractivity contribution in [2.24, 2.45) is 0 Å². The van der Waals surface area contributed by atoms with Gasteiger partial charge >= 0.3 is 0 Å². The lowest BCUT2D eigenvalue weighted by atomic mass is 10.1. The number of hydrogen-bond donors (Lipinski definition) is 0. The first-order chi connectivity index (χ1) is 9.79. The zero-order valence-corrected chi connectivity index (χ0v) is 11.6. The molecule has 20 heavy (non-hydrogen) atoms. The third-order valence-electron chi connectivity index (χ3n) is 3.33. The van der Waals surface area contributed by atoms with Crippen molar-refractivity contribution >= 4 is 0 Å². The van der Waals surface area contributed by atoms with E-state index >= 15 is 0 Å². The van der Waals surface area contributed by atoms with E-state index in [4.69, 9.17) is 4.74 Å². The Kier molecular flexibility index (Phi) is 3.25. The predicted octanol–water partition coefficient (Wildman–Crippen LogP) is 3.86. The topological polar surface area (TPSA) is 27.1 Å². The second-order valence-electron chi connectivity index (χ2n) is 4.62. The van der Waals surface area contributed by atoms with Crippen LogP contribution in [-0.4, -0.2) is 16.7 Å². The van der Waals surface area contributed by atoms with Crippen molar-refractivity contribution in [1.82, 2.24) is 9.55 Å². The van der Waals surface area contributed by atoms with Crippen LogP contribution in [0.4, 0.5) is 0 Å². The van der Waals surface area contributed by atoms with Gasteiger partial charge in [-0.1, -0.05) is 30.3 Å². The van der Waals surface area contributed by atoms with Crippen molar-refractivity contribution in [3.63, 3.8) is 0 Å². The Labute approximate surface area is 118 Å². The smallest absolute Gasteiger partial charge is 0.137 e. The summed E-state index contributed by atoms with van der Waals surface area (Å²) in [6.45, 7) is 2.08. The van der Waals surface area contributed by atoms with Gasteiger partial charge in [0.05, 0.1) is 19.0 Å². The van der Waals surface area contributed by atoms with Crippen molar-refractivity contribution in [2.75, 3.05) is 7.11 Å². The normalized spacial score (nSPS) is 10.5. The van der Waals surface area contributed by atoms with E-state index in [1.54, 1.807) is 13.3 Å². The second kappa shape index (κ2) is 5.21. The first-order valence-corrected chi connectivity index (χ1v) is 6.54. The zero-order valence-electron chi connectivity index (χ0n) is 11.6. The molecule has 3 rings (SSSR count). The SMILES string of the molecule is COc1ccc(-n2c(C)ccc2-c2ccccc2)nc1. The van der Waals surface area contributed by atoms with E-state index in [0.29, 0.717) is 0 Å². The summed E-state index contributed by atoms with van der Waals surface area (Å²) >= 11 is 0. The van der Waals surface area contributed by atoms with Gasteiger partial charge in [-0.15, -0.1) is 0 Å². The van der Waals surface area contributed by atoms with Crippen LogP contribution in [0.25, 0.3) is 17.1 Å². The highest BCUT2D eigenvalue weighted by Crippen LogP contribution is 2.25. The molecule has 0 amide bonds. The average Bonchev–Trinajstić information content (AvgIpc) is 2.90. The molecule has 0 saturated heterocycles. The average molecular weight is 264 g/mol. The molecule has 3 aromatic rings. The Morgan fingerprint density at radius 3 is 2.40 bits per heavy atom. The maximum atomic E-state index is 5.16. The van der Waals surface area contributed by atoms with Crippen LogP contribution in [0.15, 0.2) is 60.8 Å². The fourth-order valence-corrected chi connectivity index (χ4v) is 2.30. The molecule has 0 N–H and O–H groups in total. The van der Waals surface area contributed by atoms with Crippen molar-refractivity contribution in [3.8, 4) is 22.8 Å². The van der Waals surface area contributed by atoms with Gasteiger partial charge in [-0.2, -0.15) is 0 Å². The van der Waals surface area contributed by atoms with Gasteiger partial charge in [-0.3, -0.25) is 4.57 Å². The van der Waals surface area contributed by atoms with Gasteiger partial charge in [0.1, 0.15) is 11.6 Å². The van der Waals surface area contributed by atoms with Gasteiger partial charge in [-0.25, -0.2) is 4.98 Å². The molecule has 0 atom stereocenters. The number of rotatable bonds is 3. The summed E-state index contributed by atoms with van der Waals surface area (Å²) in [5, 5.41) is 0. The summed E-state index contributed by atoms with van der Waals surface area (Å²) in [6.07, 6.45) is 1.74. The Bertz CT molecular complexity index is 700. The van der Waals surface area contributed by atoms with Crippen LogP contribution in [0, 0.1) is 6.92 Å². The molecule has 0 spiro atoms. The first-order valence-electron chi connectivity index (χ1n) is 6.54. The third kappa shape index (κ3) is 2.18. The van der Waals surface area contributed by atoms with Crippen LogP contribution in [0.5, 0.6) is 5.75 Å².